The van der Waals surface area contributed by atoms with Gasteiger partial charge in [0.1, 0.15) is 6.61 Å². The maximum Gasteiger partial charge on any atom is 0.316 e. The van der Waals surface area contributed by atoms with Gasteiger partial charge in [0.2, 0.25) is 0 Å². The minimum absolute atomic E-state index is 0.226. The molecule has 1 fully saturated rings. The molecule has 0 radical (unpaired) electrons. The topological polar surface area (TPSA) is 61.5 Å². The fourth-order valence-corrected chi connectivity index (χ4v) is 2.14. The average Bonchev–Trinajstić information content (AvgIpc) is 2.42. The predicted molar refractivity (Wildman–Crippen MR) is 77.3 cm³/mol. The molecule has 1 heterocycles. The maximum atomic E-state index is 12.1. The minimum atomic E-state index is -0.695. The van der Waals surface area contributed by atoms with Crippen LogP contribution in [0.15, 0.2) is 36.9 Å². The van der Waals surface area contributed by atoms with Gasteiger partial charge in [-0.25, -0.2) is 0 Å². The van der Waals surface area contributed by atoms with Gasteiger partial charge in [0.25, 0.3) is 0 Å². The van der Waals surface area contributed by atoms with Crippen molar-refractivity contribution in [3.63, 3.8) is 0 Å². The van der Waals surface area contributed by atoms with E-state index in [1.807, 2.05) is 38.1 Å². The van der Waals surface area contributed by atoms with Crippen LogP contribution < -0.4 is 5.73 Å². The molecule has 2 N–H and O–H groups in total. The second-order valence-corrected chi connectivity index (χ2v) is 5.74. The van der Waals surface area contributed by atoms with E-state index in [1.54, 1.807) is 6.08 Å². The summed E-state index contributed by atoms with van der Waals surface area (Å²) < 4.78 is 10.3. The van der Waals surface area contributed by atoms with Crippen molar-refractivity contribution in [3.8, 4) is 0 Å². The maximum absolute atomic E-state index is 12.1. The molecular weight excluding hydrogens is 254 g/mol. The molecule has 108 valence electrons. The number of hydrogen-bond acceptors (Lipinski definition) is 4. The number of hydrogen-bond donors (Lipinski definition) is 1. The van der Waals surface area contributed by atoms with E-state index in [0.717, 1.165) is 11.1 Å². The normalized spacial score (nSPS) is 17.1. The van der Waals surface area contributed by atoms with Crippen LogP contribution in [0.5, 0.6) is 0 Å². The van der Waals surface area contributed by atoms with E-state index >= 15 is 0 Å². The number of rotatable bonds is 5. The van der Waals surface area contributed by atoms with Crippen LogP contribution in [0.3, 0.4) is 0 Å². The second-order valence-electron chi connectivity index (χ2n) is 5.74. The first kappa shape index (κ1) is 14.8. The van der Waals surface area contributed by atoms with Gasteiger partial charge in [-0.1, -0.05) is 36.9 Å². The molecule has 1 aliphatic heterocycles. The van der Waals surface area contributed by atoms with E-state index in [1.165, 1.54) is 0 Å². The molecule has 1 aromatic rings. The molecule has 0 spiro atoms. The van der Waals surface area contributed by atoms with Crippen LogP contribution in [0.4, 0.5) is 0 Å². The molecule has 1 aliphatic rings. The van der Waals surface area contributed by atoms with Crippen molar-refractivity contribution in [2.45, 2.75) is 24.8 Å². The molecule has 4 nitrogen and oxygen atoms in total. The first-order chi connectivity index (χ1) is 9.40. The molecule has 0 bridgehead atoms. The van der Waals surface area contributed by atoms with E-state index in [-0.39, 0.29) is 18.1 Å². The zero-order valence-electron chi connectivity index (χ0n) is 12.0. The van der Waals surface area contributed by atoms with Gasteiger partial charge in [-0.05, 0) is 25.0 Å². The van der Waals surface area contributed by atoms with Gasteiger partial charge in [-0.3, -0.25) is 4.79 Å². The summed E-state index contributed by atoms with van der Waals surface area (Å²) in [5.41, 5.74) is 7.04. The molecule has 0 atom stereocenters. The lowest BCUT2D eigenvalue weighted by molar-refractivity contribution is -0.148. The van der Waals surface area contributed by atoms with Crippen molar-refractivity contribution >= 4 is 5.97 Å². The number of carbonyl (C=O) groups excluding carboxylic acids is 1. The van der Waals surface area contributed by atoms with Gasteiger partial charge in [0.05, 0.1) is 24.2 Å². The van der Waals surface area contributed by atoms with E-state index in [0.29, 0.717) is 13.2 Å². The van der Waals surface area contributed by atoms with Crippen LogP contribution in [0.2, 0.25) is 0 Å². The van der Waals surface area contributed by atoms with Crippen molar-refractivity contribution in [1.29, 1.82) is 0 Å². The monoisotopic (exact) mass is 275 g/mol. The van der Waals surface area contributed by atoms with E-state index in [9.17, 15) is 4.79 Å². The van der Waals surface area contributed by atoms with E-state index in [2.05, 4.69) is 6.58 Å². The highest BCUT2D eigenvalue weighted by molar-refractivity contribution is 5.82. The first-order valence-corrected chi connectivity index (χ1v) is 6.66. The Morgan fingerprint density at radius 3 is 2.50 bits per heavy atom. The average molecular weight is 275 g/mol. The van der Waals surface area contributed by atoms with Gasteiger partial charge in [-0.2, -0.15) is 0 Å². The van der Waals surface area contributed by atoms with Gasteiger partial charge < -0.3 is 15.2 Å². The summed E-state index contributed by atoms with van der Waals surface area (Å²) in [6, 6.07) is 7.77. The zero-order valence-corrected chi connectivity index (χ0v) is 12.0. The molecule has 2 rings (SSSR count). The fourth-order valence-electron chi connectivity index (χ4n) is 2.14. The highest BCUT2D eigenvalue weighted by Crippen LogP contribution is 2.30. The molecule has 20 heavy (non-hydrogen) atoms. The van der Waals surface area contributed by atoms with Gasteiger partial charge in [0.15, 0.2) is 0 Å². The molecule has 0 aromatic heterocycles. The minimum Gasteiger partial charge on any atom is -0.461 e. The smallest absolute Gasteiger partial charge is 0.316 e. The summed E-state index contributed by atoms with van der Waals surface area (Å²) in [5, 5.41) is 0. The van der Waals surface area contributed by atoms with Crippen molar-refractivity contribution in [1.82, 2.24) is 0 Å². The van der Waals surface area contributed by atoms with Crippen LogP contribution in [0.25, 0.3) is 0 Å². The van der Waals surface area contributed by atoms with Gasteiger partial charge >= 0.3 is 5.97 Å². The third-order valence-electron chi connectivity index (χ3n) is 3.74. The van der Waals surface area contributed by atoms with Crippen molar-refractivity contribution in [3.05, 3.63) is 48.0 Å². The summed E-state index contributed by atoms with van der Waals surface area (Å²) in [5.74, 6) is -0.264. The molecule has 0 amide bonds. The summed E-state index contributed by atoms with van der Waals surface area (Å²) in [4.78, 5) is 12.1. The third-order valence-corrected chi connectivity index (χ3v) is 3.74. The molecule has 0 saturated carbocycles. The van der Waals surface area contributed by atoms with E-state index < -0.39 is 5.41 Å². The van der Waals surface area contributed by atoms with Crippen LogP contribution >= 0.6 is 0 Å². The molecular formula is C16H21NO3. The highest BCUT2D eigenvalue weighted by atomic mass is 16.5. The van der Waals surface area contributed by atoms with Crippen LogP contribution in [0.1, 0.15) is 25.0 Å². The van der Waals surface area contributed by atoms with Crippen LogP contribution in [0, 0.1) is 0 Å². The Kier molecular flexibility index (Phi) is 3.97. The molecule has 0 aliphatic carbocycles. The van der Waals surface area contributed by atoms with Crippen molar-refractivity contribution < 1.29 is 14.3 Å². The van der Waals surface area contributed by atoms with Gasteiger partial charge in [0, 0.05) is 0 Å². The Hall–Kier alpha value is -1.65. The van der Waals surface area contributed by atoms with Crippen molar-refractivity contribution in [2.24, 2.45) is 5.73 Å². The predicted octanol–water partition coefficient (Wildman–Crippen LogP) is 1.88. The van der Waals surface area contributed by atoms with Crippen molar-refractivity contribution in [2.75, 3.05) is 19.8 Å². The van der Waals surface area contributed by atoms with Gasteiger partial charge in [-0.15, -0.1) is 0 Å². The number of ether oxygens (including phenoxy) is 2. The standard InChI is InChI=1S/C16H21NO3/c1-4-9-20-14(18)15(2,3)12-5-7-13(8-6-12)16(17)10-19-11-16/h4-8H,1,9-11,17H2,2-3H3. The summed E-state index contributed by atoms with van der Waals surface area (Å²) in [6.45, 7) is 8.53. The lowest BCUT2D eigenvalue weighted by atomic mass is 9.82. The Labute approximate surface area is 119 Å². The zero-order chi connectivity index (χ0) is 14.8. The summed E-state index contributed by atoms with van der Waals surface area (Å²) in [6.07, 6.45) is 1.56. The molecule has 4 heteroatoms. The van der Waals surface area contributed by atoms with E-state index in [4.69, 9.17) is 15.2 Å². The van der Waals surface area contributed by atoms with Crippen LogP contribution in [-0.4, -0.2) is 25.8 Å². The lowest BCUT2D eigenvalue weighted by Crippen LogP contribution is -2.54. The quantitative estimate of drug-likeness (QED) is 0.658. The lowest BCUT2D eigenvalue weighted by Gasteiger charge is -2.38. The molecule has 0 unspecified atom stereocenters. The summed E-state index contributed by atoms with van der Waals surface area (Å²) >= 11 is 0. The Balaban J connectivity index is 2.16. The molecule has 1 saturated heterocycles. The summed E-state index contributed by atoms with van der Waals surface area (Å²) in [7, 11) is 0. The largest absolute Gasteiger partial charge is 0.461 e. The Morgan fingerprint density at radius 2 is 2.05 bits per heavy atom. The fraction of sp³-hybridized carbons (Fsp3) is 0.438. The first-order valence-electron chi connectivity index (χ1n) is 6.66. The molecule has 1 aromatic carbocycles. The Morgan fingerprint density at radius 1 is 1.45 bits per heavy atom. The number of esters is 1. The number of benzene rings is 1. The second kappa shape index (κ2) is 5.38. The van der Waals surface area contributed by atoms with Crippen LogP contribution in [-0.2, 0) is 25.2 Å². The number of nitrogens with two attached hydrogens (primary N) is 1. The third kappa shape index (κ3) is 2.62. The highest BCUT2D eigenvalue weighted by Gasteiger charge is 2.37. The number of carbonyl (C=O) groups is 1. The SMILES string of the molecule is C=CCOC(=O)C(C)(C)c1ccc(C2(N)COC2)cc1. The Bertz CT molecular complexity index is 501.